The number of aryl methyl sites for hydroxylation is 1. The second kappa shape index (κ2) is 4.29. The van der Waals surface area contributed by atoms with E-state index < -0.39 is 17.0 Å². The van der Waals surface area contributed by atoms with E-state index in [2.05, 4.69) is 0 Å². The summed E-state index contributed by atoms with van der Waals surface area (Å²) in [6.45, 7) is 4.93. The molecule has 0 radical (unpaired) electrons. The number of methoxy groups -OCH3 is 1. The Morgan fingerprint density at radius 2 is 2.00 bits per heavy atom. The fraction of sp³-hybridized carbons (Fsp3) is 0.500. The summed E-state index contributed by atoms with van der Waals surface area (Å²) in [5.74, 6) is -1.10. The van der Waals surface area contributed by atoms with Crippen molar-refractivity contribution in [1.29, 1.82) is 0 Å². The minimum atomic E-state index is -0.738. The zero-order valence-corrected chi connectivity index (χ0v) is 9.97. The number of benzene rings is 1. The van der Waals surface area contributed by atoms with E-state index in [4.69, 9.17) is 4.74 Å². The Morgan fingerprint density at radius 1 is 1.44 bits per heavy atom. The first-order valence-corrected chi connectivity index (χ1v) is 5.02. The topological polar surface area (TPSA) is 49.7 Å². The lowest BCUT2D eigenvalue weighted by Gasteiger charge is -2.24. The minimum Gasteiger partial charge on any atom is -0.502 e. The Balaban J connectivity index is 3.45. The lowest BCUT2D eigenvalue weighted by atomic mass is 9.84. The fourth-order valence-corrected chi connectivity index (χ4v) is 1.59. The van der Waals surface area contributed by atoms with Crippen molar-refractivity contribution in [3.63, 3.8) is 0 Å². The molecule has 16 heavy (non-hydrogen) atoms. The van der Waals surface area contributed by atoms with Gasteiger partial charge in [0.15, 0.2) is 17.3 Å². The molecule has 1 aromatic carbocycles. The molecule has 0 atom stereocenters. The summed E-state index contributed by atoms with van der Waals surface area (Å²) in [4.78, 5) is 0. The van der Waals surface area contributed by atoms with Crippen LogP contribution in [0.3, 0.4) is 0 Å². The maximum atomic E-state index is 13.9. The van der Waals surface area contributed by atoms with Crippen molar-refractivity contribution in [2.45, 2.75) is 26.2 Å². The van der Waals surface area contributed by atoms with Gasteiger partial charge in [-0.05, 0) is 18.6 Å². The third-order valence-electron chi connectivity index (χ3n) is 2.71. The molecule has 0 saturated heterocycles. The molecule has 90 valence electrons. The first-order chi connectivity index (χ1) is 7.35. The van der Waals surface area contributed by atoms with E-state index in [1.807, 2.05) is 0 Å². The van der Waals surface area contributed by atoms with Gasteiger partial charge in [0.2, 0.25) is 0 Å². The predicted octanol–water partition coefficient (Wildman–Crippen LogP) is 2.12. The van der Waals surface area contributed by atoms with Crippen LogP contribution in [0.1, 0.15) is 25.0 Å². The molecule has 0 aliphatic carbocycles. The Kier molecular flexibility index (Phi) is 3.43. The molecule has 1 aromatic rings. The lowest BCUT2D eigenvalue weighted by molar-refractivity contribution is 0.213. The molecule has 0 unspecified atom stereocenters. The molecule has 4 heteroatoms. The Hall–Kier alpha value is -1.29. The van der Waals surface area contributed by atoms with Crippen LogP contribution >= 0.6 is 0 Å². The molecule has 2 N–H and O–H groups in total. The molecular formula is C12H17FO3. The summed E-state index contributed by atoms with van der Waals surface area (Å²) in [6, 6.07) is 1.59. The number of ether oxygens (including phenoxy) is 1. The monoisotopic (exact) mass is 228 g/mol. The van der Waals surface area contributed by atoms with E-state index in [0.717, 1.165) is 0 Å². The van der Waals surface area contributed by atoms with E-state index in [-0.39, 0.29) is 17.9 Å². The highest BCUT2D eigenvalue weighted by molar-refractivity contribution is 5.51. The van der Waals surface area contributed by atoms with E-state index in [1.165, 1.54) is 7.11 Å². The van der Waals surface area contributed by atoms with E-state index >= 15 is 0 Å². The summed E-state index contributed by atoms with van der Waals surface area (Å²) >= 11 is 0. The molecule has 0 fully saturated rings. The number of hydrogen-bond acceptors (Lipinski definition) is 3. The van der Waals surface area contributed by atoms with Crippen LogP contribution in [-0.4, -0.2) is 23.9 Å². The fourth-order valence-electron chi connectivity index (χ4n) is 1.59. The van der Waals surface area contributed by atoms with Gasteiger partial charge in [-0.15, -0.1) is 0 Å². The molecule has 0 aromatic heterocycles. The highest BCUT2D eigenvalue weighted by atomic mass is 19.1. The summed E-state index contributed by atoms with van der Waals surface area (Å²) in [5.41, 5.74) is 0.183. The standard InChI is InChI=1S/C12H17FO3/c1-7-5-8(12(2,3)6-14)9(13)10(15)11(7)16-4/h5,14-15H,6H2,1-4H3. The van der Waals surface area contributed by atoms with Crippen molar-refractivity contribution in [3.8, 4) is 11.5 Å². The van der Waals surface area contributed by atoms with Crippen molar-refractivity contribution in [3.05, 3.63) is 23.0 Å². The zero-order chi connectivity index (χ0) is 12.5. The van der Waals surface area contributed by atoms with Crippen LogP contribution in [0.2, 0.25) is 0 Å². The highest BCUT2D eigenvalue weighted by Crippen LogP contribution is 2.38. The summed E-state index contributed by atoms with van der Waals surface area (Å²) in [6.07, 6.45) is 0. The van der Waals surface area contributed by atoms with E-state index in [0.29, 0.717) is 5.56 Å². The van der Waals surface area contributed by atoms with Crippen LogP contribution in [0.4, 0.5) is 4.39 Å². The SMILES string of the molecule is COc1c(C)cc(C(C)(C)CO)c(F)c1O. The van der Waals surface area contributed by atoms with E-state index in [1.54, 1.807) is 26.8 Å². The van der Waals surface area contributed by atoms with Crippen molar-refractivity contribution in [2.24, 2.45) is 0 Å². The van der Waals surface area contributed by atoms with Crippen molar-refractivity contribution >= 4 is 0 Å². The Bertz CT molecular complexity index is 400. The van der Waals surface area contributed by atoms with Gasteiger partial charge in [0.25, 0.3) is 0 Å². The number of hydrogen-bond donors (Lipinski definition) is 2. The third-order valence-corrected chi connectivity index (χ3v) is 2.71. The van der Waals surface area contributed by atoms with Crippen molar-refractivity contribution in [1.82, 2.24) is 0 Å². The molecule has 0 saturated carbocycles. The Labute approximate surface area is 94.5 Å². The number of phenols is 1. The highest BCUT2D eigenvalue weighted by Gasteiger charge is 2.27. The quantitative estimate of drug-likeness (QED) is 0.833. The summed E-state index contributed by atoms with van der Waals surface area (Å²) < 4.78 is 18.8. The Morgan fingerprint density at radius 3 is 2.44 bits per heavy atom. The average molecular weight is 228 g/mol. The van der Waals surface area contributed by atoms with Crippen LogP contribution < -0.4 is 4.74 Å². The van der Waals surface area contributed by atoms with Crippen molar-refractivity contribution in [2.75, 3.05) is 13.7 Å². The van der Waals surface area contributed by atoms with Crippen LogP contribution in [0.25, 0.3) is 0 Å². The summed E-state index contributed by atoms with van der Waals surface area (Å²) in [7, 11) is 1.37. The van der Waals surface area contributed by atoms with Crippen LogP contribution in [0.5, 0.6) is 11.5 Å². The number of halogens is 1. The van der Waals surface area contributed by atoms with Crippen LogP contribution in [-0.2, 0) is 5.41 Å². The third kappa shape index (κ3) is 1.97. The van der Waals surface area contributed by atoms with Crippen molar-refractivity contribution < 1.29 is 19.3 Å². The molecule has 0 bridgehead atoms. The van der Waals surface area contributed by atoms with Gasteiger partial charge in [0.1, 0.15) is 0 Å². The molecule has 0 amide bonds. The molecule has 3 nitrogen and oxygen atoms in total. The van der Waals surface area contributed by atoms with Gasteiger partial charge in [-0.2, -0.15) is 0 Å². The predicted molar refractivity (Wildman–Crippen MR) is 59.5 cm³/mol. The largest absolute Gasteiger partial charge is 0.502 e. The number of aliphatic hydroxyl groups excluding tert-OH is 1. The zero-order valence-electron chi connectivity index (χ0n) is 9.97. The number of aliphatic hydroxyl groups is 1. The molecule has 0 aliphatic rings. The van der Waals surface area contributed by atoms with Crippen LogP contribution in [0.15, 0.2) is 6.07 Å². The maximum Gasteiger partial charge on any atom is 0.194 e. The molecule has 0 aliphatic heterocycles. The molecular weight excluding hydrogens is 211 g/mol. The van der Waals surface area contributed by atoms with Gasteiger partial charge in [-0.1, -0.05) is 13.8 Å². The number of phenolic OH excluding ortho intramolecular Hbond substituents is 1. The van der Waals surface area contributed by atoms with Gasteiger partial charge in [0, 0.05) is 11.0 Å². The summed E-state index contributed by atoms with van der Waals surface area (Å²) in [5, 5.41) is 18.8. The number of aromatic hydroxyl groups is 1. The van der Waals surface area contributed by atoms with Gasteiger partial charge < -0.3 is 14.9 Å². The first kappa shape index (κ1) is 12.8. The van der Waals surface area contributed by atoms with E-state index in [9.17, 15) is 14.6 Å². The normalized spacial score (nSPS) is 11.6. The average Bonchev–Trinajstić information content (AvgIpc) is 2.24. The minimum absolute atomic E-state index is 0.134. The van der Waals surface area contributed by atoms with Gasteiger partial charge in [-0.3, -0.25) is 0 Å². The smallest absolute Gasteiger partial charge is 0.194 e. The lowest BCUT2D eigenvalue weighted by Crippen LogP contribution is -2.24. The molecule has 0 spiro atoms. The maximum absolute atomic E-state index is 13.9. The van der Waals surface area contributed by atoms with Gasteiger partial charge >= 0.3 is 0 Å². The second-order valence-corrected chi connectivity index (χ2v) is 4.48. The van der Waals surface area contributed by atoms with Crippen LogP contribution in [0, 0.1) is 12.7 Å². The molecule has 0 heterocycles. The first-order valence-electron chi connectivity index (χ1n) is 5.02. The molecule has 1 rings (SSSR count). The van der Waals surface area contributed by atoms with Gasteiger partial charge in [0.05, 0.1) is 13.7 Å². The number of rotatable bonds is 3. The van der Waals surface area contributed by atoms with Gasteiger partial charge in [-0.25, -0.2) is 4.39 Å². The second-order valence-electron chi connectivity index (χ2n) is 4.48.